The van der Waals surface area contributed by atoms with Crippen LogP contribution < -0.4 is 15.8 Å². The Hall–Kier alpha value is -1.07. The Morgan fingerprint density at radius 1 is 1.38 bits per heavy atom. The van der Waals surface area contributed by atoms with Gasteiger partial charge in [0.25, 0.3) is 0 Å². The van der Waals surface area contributed by atoms with Crippen LogP contribution in [0, 0.1) is 6.92 Å². The van der Waals surface area contributed by atoms with Gasteiger partial charge in [-0.2, -0.15) is 0 Å². The number of nitrogens with one attached hydrogen (secondary N) is 2. The smallest absolute Gasteiger partial charge is 0.212 e. The highest BCUT2D eigenvalue weighted by atomic mass is 35.5. The number of pyridine rings is 1. The number of anilines is 1. The van der Waals surface area contributed by atoms with Crippen molar-refractivity contribution in [1.82, 2.24) is 9.71 Å². The van der Waals surface area contributed by atoms with E-state index in [2.05, 4.69) is 15.0 Å². The van der Waals surface area contributed by atoms with E-state index in [-0.39, 0.29) is 30.6 Å². The Morgan fingerprint density at radius 3 is 2.72 bits per heavy atom. The molecule has 3 aromatic rings. The molecule has 3 aromatic heterocycles. The number of aromatic nitrogens is 1. The minimum Gasteiger partial charge on any atom is -0.467 e. The predicted octanol–water partition coefficient (Wildman–Crippen LogP) is 3.73. The van der Waals surface area contributed by atoms with Gasteiger partial charge in [0.05, 0.1) is 34.5 Å². The zero-order valence-electron chi connectivity index (χ0n) is 15.8. The molecule has 3 rings (SSSR count). The van der Waals surface area contributed by atoms with E-state index in [4.69, 9.17) is 21.8 Å². The first-order valence-electron chi connectivity index (χ1n) is 8.30. The number of furan rings is 1. The van der Waals surface area contributed by atoms with Crippen molar-refractivity contribution >= 4 is 73.7 Å². The van der Waals surface area contributed by atoms with Crippen LogP contribution in [0.2, 0.25) is 5.15 Å². The highest BCUT2D eigenvalue weighted by molar-refractivity contribution is 7.89. The van der Waals surface area contributed by atoms with Crippen LogP contribution in [0.15, 0.2) is 28.9 Å². The van der Waals surface area contributed by atoms with E-state index < -0.39 is 16.1 Å². The first-order chi connectivity index (χ1) is 12.8. The molecule has 0 saturated carbocycles. The van der Waals surface area contributed by atoms with Crippen LogP contribution in [0.3, 0.4) is 0 Å². The Bertz CT molecular complexity index is 1040. The van der Waals surface area contributed by atoms with Gasteiger partial charge in [-0.25, -0.2) is 18.1 Å². The number of hydrogen-bond acceptors (Lipinski definition) is 7. The number of sulfonamides is 1. The summed E-state index contributed by atoms with van der Waals surface area (Å²) in [6.45, 7) is 2.47. The van der Waals surface area contributed by atoms with E-state index in [1.807, 2.05) is 19.1 Å². The van der Waals surface area contributed by atoms with Gasteiger partial charge in [0.15, 0.2) is 0 Å². The quantitative estimate of drug-likeness (QED) is 0.406. The topological polar surface area (TPSA) is 110 Å². The summed E-state index contributed by atoms with van der Waals surface area (Å²) in [5.74, 6) is 0.679. The van der Waals surface area contributed by atoms with E-state index >= 15 is 0 Å². The number of halogens is 3. The third-order valence-corrected chi connectivity index (χ3v) is 7.18. The molecule has 0 unspecified atom stereocenters. The second kappa shape index (κ2) is 10.8. The SMILES string of the molecule is CNS(=O)(=O)C[C@H](N)Cc1sc2c(NCc3ccco3)cc(Cl)nc2c1C.Cl.Cl. The average Bonchev–Trinajstić information content (AvgIpc) is 3.22. The fourth-order valence-electron chi connectivity index (χ4n) is 2.78. The third kappa shape index (κ3) is 6.45. The van der Waals surface area contributed by atoms with Crippen molar-refractivity contribution in [3.8, 4) is 0 Å². The summed E-state index contributed by atoms with van der Waals surface area (Å²) >= 11 is 7.74. The van der Waals surface area contributed by atoms with Crippen LogP contribution in [0.5, 0.6) is 0 Å². The van der Waals surface area contributed by atoms with Crippen molar-refractivity contribution in [1.29, 1.82) is 0 Å². The molecule has 0 saturated heterocycles. The van der Waals surface area contributed by atoms with Crippen molar-refractivity contribution in [2.45, 2.75) is 25.9 Å². The van der Waals surface area contributed by atoms with Crippen LogP contribution in [0.1, 0.15) is 16.2 Å². The lowest BCUT2D eigenvalue weighted by Gasteiger charge is -2.10. The molecule has 0 radical (unpaired) electrons. The van der Waals surface area contributed by atoms with Gasteiger partial charge in [-0.1, -0.05) is 11.6 Å². The first kappa shape index (κ1) is 26.0. The Balaban J connectivity index is 0.00000210. The minimum absolute atomic E-state index is 0. The summed E-state index contributed by atoms with van der Waals surface area (Å²) in [4.78, 5) is 5.44. The van der Waals surface area contributed by atoms with Gasteiger partial charge in [0.1, 0.15) is 10.9 Å². The summed E-state index contributed by atoms with van der Waals surface area (Å²) in [6, 6.07) is 4.99. The molecule has 7 nitrogen and oxygen atoms in total. The standard InChI is InChI=1S/C17H21ClN4O3S2.2ClH/c1-10-14(6-11(19)9-27(23,24)20-2)26-17-13(7-15(18)22-16(10)17)21-8-12-4-3-5-25-12;;/h3-5,7,11,20H,6,8-9,19H2,1-2H3,(H,21,22);2*1H/t11-;;/m1../s1. The summed E-state index contributed by atoms with van der Waals surface area (Å²) in [5.41, 5.74) is 8.69. The molecular formula is C17H23Cl3N4O3S2. The molecule has 0 aliphatic heterocycles. The molecule has 0 fully saturated rings. The van der Waals surface area contributed by atoms with Gasteiger partial charge in [-0.05, 0) is 38.1 Å². The van der Waals surface area contributed by atoms with Gasteiger partial charge >= 0.3 is 0 Å². The van der Waals surface area contributed by atoms with E-state index in [0.29, 0.717) is 18.1 Å². The van der Waals surface area contributed by atoms with Crippen LogP contribution in [-0.4, -0.2) is 32.2 Å². The van der Waals surface area contributed by atoms with Crippen LogP contribution in [-0.2, 0) is 23.0 Å². The molecule has 4 N–H and O–H groups in total. The molecule has 1 atom stereocenters. The summed E-state index contributed by atoms with van der Waals surface area (Å²) in [5, 5.41) is 3.72. The van der Waals surface area contributed by atoms with Crippen LogP contribution >= 0.6 is 47.8 Å². The lowest BCUT2D eigenvalue weighted by atomic mass is 10.1. The zero-order chi connectivity index (χ0) is 19.6. The number of rotatable bonds is 8. The largest absolute Gasteiger partial charge is 0.467 e. The van der Waals surface area contributed by atoms with Gasteiger partial charge < -0.3 is 15.5 Å². The number of nitrogens with zero attached hydrogens (tertiary/aromatic N) is 1. The van der Waals surface area contributed by atoms with E-state index in [9.17, 15) is 8.42 Å². The summed E-state index contributed by atoms with van der Waals surface area (Å²) in [7, 11) is -1.98. The van der Waals surface area contributed by atoms with Crippen molar-refractivity contribution in [2.75, 3.05) is 18.1 Å². The molecule has 0 spiro atoms. The number of aryl methyl sites for hydroxylation is 1. The second-order valence-electron chi connectivity index (χ2n) is 6.20. The fourth-order valence-corrected chi connectivity index (χ4v) is 5.15. The third-order valence-electron chi connectivity index (χ3n) is 4.17. The number of hydrogen-bond donors (Lipinski definition) is 3. The highest BCUT2D eigenvalue weighted by Crippen LogP contribution is 2.37. The number of thiophene rings is 1. The number of fused-ring (bicyclic) bond motifs is 1. The predicted molar refractivity (Wildman–Crippen MR) is 124 cm³/mol. The first-order valence-corrected chi connectivity index (χ1v) is 11.2. The number of nitrogens with two attached hydrogens (primary N) is 1. The minimum atomic E-state index is -3.36. The summed E-state index contributed by atoms with van der Waals surface area (Å²) in [6.07, 6.45) is 2.07. The maximum atomic E-state index is 11.7. The van der Waals surface area contributed by atoms with Gasteiger partial charge in [0.2, 0.25) is 10.0 Å². The maximum absolute atomic E-state index is 11.7. The molecule has 0 bridgehead atoms. The zero-order valence-corrected chi connectivity index (χ0v) is 19.8. The molecule has 0 amide bonds. The molecule has 3 heterocycles. The average molecular weight is 502 g/mol. The maximum Gasteiger partial charge on any atom is 0.212 e. The lowest BCUT2D eigenvalue weighted by molar-refractivity contribution is 0.518. The van der Waals surface area contributed by atoms with Crippen LogP contribution in [0.25, 0.3) is 10.2 Å². The highest BCUT2D eigenvalue weighted by Gasteiger charge is 2.19. The molecule has 162 valence electrons. The normalized spacial score (nSPS) is 12.3. The van der Waals surface area contributed by atoms with Gasteiger partial charge in [-0.3, -0.25) is 0 Å². The molecule has 0 aliphatic rings. The van der Waals surface area contributed by atoms with Crippen LogP contribution in [0.4, 0.5) is 5.69 Å². The fraction of sp³-hybridized carbons (Fsp3) is 0.353. The second-order valence-corrected chi connectivity index (χ2v) is 9.67. The molecule has 29 heavy (non-hydrogen) atoms. The van der Waals surface area contributed by atoms with Crippen molar-refractivity contribution < 1.29 is 12.8 Å². The van der Waals surface area contributed by atoms with Gasteiger partial charge in [-0.15, -0.1) is 36.2 Å². The van der Waals surface area contributed by atoms with Crippen molar-refractivity contribution in [3.05, 3.63) is 45.8 Å². The Labute approximate surface area is 191 Å². The molecular weight excluding hydrogens is 479 g/mol. The van der Waals surface area contributed by atoms with Crippen molar-refractivity contribution in [3.63, 3.8) is 0 Å². The van der Waals surface area contributed by atoms with Gasteiger partial charge in [0, 0.05) is 17.0 Å². The van der Waals surface area contributed by atoms with E-state index in [1.54, 1.807) is 23.7 Å². The van der Waals surface area contributed by atoms with E-state index in [1.165, 1.54) is 7.05 Å². The van der Waals surface area contributed by atoms with Crippen molar-refractivity contribution in [2.24, 2.45) is 5.73 Å². The molecule has 0 aliphatic carbocycles. The monoisotopic (exact) mass is 500 g/mol. The molecule has 12 heteroatoms. The lowest BCUT2D eigenvalue weighted by Crippen LogP contribution is -2.36. The Kier molecular flexibility index (Phi) is 9.68. The Morgan fingerprint density at radius 2 is 2.10 bits per heavy atom. The van der Waals surface area contributed by atoms with E-state index in [0.717, 1.165) is 32.1 Å². The summed E-state index contributed by atoms with van der Waals surface area (Å²) < 4.78 is 32.0. The molecule has 0 aromatic carbocycles.